The van der Waals surface area contributed by atoms with Gasteiger partial charge in [0.25, 0.3) is 0 Å². The summed E-state index contributed by atoms with van der Waals surface area (Å²) in [6.45, 7) is 3.18. The van der Waals surface area contributed by atoms with Crippen molar-refractivity contribution < 1.29 is 13.9 Å². The van der Waals surface area contributed by atoms with Gasteiger partial charge in [-0.2, -0.15) is 4.98 Å². The van der Waals surface area contributed by atoms with E-state index < -0.39 is 0 Å². The van der Waals surface area contributed by atoms with E-state index in [9.17, 15) is 9.18 Å². The summed E-state index contributed by atoms with van der Waals surface area (Å²) >= 11 is 0. The Labute approximate surface area is 197 Å². The Kier molecular flexibility index (Phi) is 6.32. The smallest absolute Gasteiger partial charge is 0.224 e. The summed E-state index contributed by atoms with van der Waals surface area (Å²) in [7, 11) is 0. The molecular formula is C24H30FN7O2. The van der Waals surface area contributed by atoms with E-state index in [2.05, 4.69) is 20.2 Å². The lowest BCUT2D eigenvalue weighted by Crippen LogP contribution is -2.29. The van der Waals surface area contributed by atoms with Crippen LogP contribution in [0.2, 0.25) is 0 Å². The number of aromatic nitrogens is 4. The highest BCUT2D eigenvalue weighted by atomic mass is 19.1. The number of carbonyl (C=O) groups excluding carboxylic acids is 1. The Hall–Kier alpha value is -3.27. The van der Waals surface area contributed by atoms with Crippen LogP contribution >= 0.6 is 0 Å². The summed E-state index contributed by atoms with van der Waals surface area (Å²) in [5, 5.41) is 6.74. The molecule has 1 aliphatic carbocycles. The second-order valence-electron chi connectivity index (χ2n) is 9.18. The van der Waals surface area contributed by atoms with Gasteiger partial charge in [0, 0.05) is 42.5 Å². The third-order valence-corrected chi connectivity index (χ3v) is 6.97. The summed E-state index contributed by atoms with van der Waals surface area (Å²) in [5.74, 6) is 0.516. The summed E-state index contributed by atoms with van der Waals surface area (Å²) < 4.78 is 21.7. The van der Waals surface area contributed by atoms with Gasteiger partial charge in [0.1, 0.15) is 11.3 Å². The van der Waals surface area contributed by atoms with Crippen LogP contribution in [0.15, 0.2) is 24.4 Å². The maximum Gasteiger partial charge on any atom is 0.224 e. The normalized spacial score (nSPS) is 21.5. The average Bonchev–Trinajstić information content (AvgIpc) is 3.20. The molecule has 1 aromatic carbocycles. The van der Waals surface area contributed by atoms with E-state index >= 15 is 0 Å². The highest BCUT2D eigenvalue weighted by molar-refractivity contribution is 5.78. The monoisotopic (exact) mass is 467 g/mol. The predicted molar refractivity (Wildman–Crippen MR) is 127 cm³/mol. The minimum atomic E-state index is -0.280. The molecule has 0 atom stereocenters. The number of nitrogens with one attached hydrogen (secondary N) is 2. The molecule has 3 aromatic rings. The number of primary amides is 1. The number of halogens is 1. The van der Waals surface area contributed by atoms with Gasteiger partial charge in [-0.1, -0.05) is 6.07 Å². The van der Waals surface area contributed by atoms with Crippen LogP contribution < -0.4 is 16.4 Å². The summed E-state index contributed by atoms with van der Waals surface area (Å²) in [6.07, 6.45) is 6.53. The first-order valence-corrected chi connectivity index (χ1v) is 11.9. The lowest BCUT2D eigenvalue weighted by atomic mass is 9.85. The molecule has 2 fully saturated rings. The number of benzene rings is 1. The predicted octanol–water partition coefficient (Wildman–Crippen LogP) is 3.82. The van der Waals surface area contributed by atoms with Crippen molar-refractivity contribution in [3.63, 3.8) is 0 Å². The van der Waals surface area contributed by atoms with Gasteiger partial charge in [-0.25, -0.2) is 14.4 Å². The van der Waals surface area contributed by atoms with Crippen molar-refractivity contribution in [2.24, 2.45) is 11.7 Å². The van der Waals surface area contributed by atoms with Crippen molar-refractivity contribution in [3.8, 4) is 0 Å². The lowest BCUT2D eigenvalue weighted by Gasteiger charge is -2.29. The van der Waals surface area contributed by atoms with Crippen LogP contribution in [0.1, 0.15) is 50.1 Å². The van der Waals surface area contributed by atoms with E-state index in [1.54, 1.807) is 19.2 Å². The molecule has 4 N–H and O–H groups in total. The molecule has 1 saturated carbocycles. The van der Waals surface area contributed by atoms with Crippen LogP contribution in [0.3, 0.4) is 0 Å². The fraction of sp³-hybridized carbons (Fsp3) is 0.500. The van der Waals surface area contributed by atoms with Gasteiger partial charge in [-0.05, 0) is 57.6 Å². The van der Waals surface area contributed by atoms with Gasteiger partial charge in [0.15, 0.2) is 5.65 Å². The molecule has 1 aliphatic heterocycles. The molecule has 5 rings (SSSR count). The molecule has 1 amide bonds. The number of fused-ring (bicyclic) bond motifs is 1. The molecule has 1 saturated heterocycles. The van der Waals surface area contributed by atoms with Crippen molar-refractivity contribution >= 4 is 34.7 Å². The Balaban J connectivity index is 1.51. The summed E-state index contributed by atoms with van der Waals surface area (Å²) in [4.78, 5) is 25.8. The molecule has 0 unspecified atom stereocenters. The van der Waals surface area contributed by atoms with Gasteiger partial charge < -0.3 is 21.1 Å². The average molecular weight is 468 g/mol. The Bertz CT molecular complexity index is 1180. The van der Waals surface area contributed by atoms with E-state index in [1.807, 2.05) is 6.07 Å². The standard InChI is InChI=1S/C24H30FN7O2/c1-14-18(25)3-2-4-19(14)29-24-30-20-13-27-23(28-16-9-11-34-12-10-16)31-22(20)32(24)17-7-5-15(6-8-17)21(26)33/h2-4,13,15-17H,5-12H2,1H3,(H2,26,33)(H,29,30)(H,27,28,31)/t15-,17+. The zero-order chi connectivity index (χ0) is 23.7. The van der Waals surface area contributed by atoms with Crippen LogP contribution in [-0.2, 0) is 9.53 Å². The molecule has 34 heavy (non-hydrogen) atoms. The molecular weight excluding hydrogens is 437 g/mol. The maximum absolute atomic E-state index is 14.2. The largest absolute Gasteiger partial charge is 0.381 e. The third-order valence-electron chi connectivity index (χ3n) is 6.97. The number of hydrogen-bond donors (Lipinski definition) is 3. The highest BCUT2D eigenvalue weighted by Gasteiger charge is 2.29. The lowest BCUT2D eigenvalue weighted by molar-refractivity contribution is -0.122. The molecule has 0 radical (unpaired) electrons. The van der Waals surface area contributed by atoms with Gasteiger partial charge in [-0.15, -0.1) is 0 Å². The minimum absolute atomic E-state index is 0.0859. The molecule has 180 valence electrons. The quantitative estimate of drug-likeness (QED) is 0.504. The first kappa shape index (κ1) is 22.5. The number of nitrogens with zero attached hydrogens (tertiary/aromatic N) is 4. The SMILES string of the molecule is Cc1c(F)cccc1Nc1nc2cnc(NC3CCOCC3)nc2n1[C@H]1CC[C@@H](C(N)=O)CC1. The van der Waals surface area contributed by atoms with Gasteiger partial charge >= 0.3 is 0 Å². The maximum atomic E-state index is 14.2. The van der Waals surface area contributed by atoms with Crippen LogP contribution in [-0.4, -0.2) is 44.7 Å². The Morgan fingerprint density at radius 3 is 2.65 bits per heavy atom. The zero-order valence-electron chi connectivity index (χ0n) is 19.3. The van der Waals surface area contributed by atoms with Crippen molar-refractivity contribution in [2.75, 3.05) is 23.8 Å². The second-order valence-corrected chi connectivity index (χ2v) is 9.18. The van der Waals surface area contributed by atoms with Crippen LogP contribution in [0, 0.1) is 18.7 Å². The fourth-order valence-electron chi connectivity index (χ4n) is 4.90. The number of carbonyl (C=O) groups is 1. The van der Waals surface area contributed by atoms with Gasteiger partial charge in [0.05, 0.1) is 6.20 Å². The first-order valence-electron chi connectivity index (χ1n) is 11.9. The van der Waals surface area contributed by atoms with Crippen LogP contribution in [0.4, 0.5) is 22.0 Å². The number of hydrogen-bond acceptors (Lipinski definition) is 7. The van der Waals surface area contributed by atoms with Crippen molar-refractivity contribution in [3.05, 3.63) is 35.8 Å². The van der Waals surface area contributed by atoms with Crippen molar-refractivity contribution in [1.82, 2.24) is 19.5 Å². The number of anilines is 3. The third kappa shape index (κ3) is 4.54. The van der Waals surface area contributed by atoms with E-state index in [-0.39, 0.29) is 29.7 Å². The van der Waals surface area contributed by atoms with Gasteiger partial charge in [0.2, 0.25) is 17.8 Å². The molecule has 2 aliphatic rings. The molecule has 9 nitrogen and oxygen atoms in total. The Morgan fingerprint density at radius 2 is 1.91 bits per heavy atom. The molecule has 3 heterocycles. The van der Waals surface area contributed by atoms with E-state index in [0.717, 1.165) is 51.7 Å². The number of ether oxygens (including phenoxy) is 1. The second kappa shape index (κ2) is 9.54. The highest BCUT2D eigenvalue weighted by Crippen LogP contribution is 2.37. The minimum Gasteiger partial charge on any atom is -0.381 e. The number of nitrogens with two attached hydrogens (primary N) is 1. The summed E-state index contributed by atoms with van der Waals surface area (Å²) in [5.41, 5.74) is 8.09. The number of imidazole rings is 1. The van der Waals surface area contributed by atoms with Crippen LogP contribution in [0.5, 0.6) is 0 Å². The molecule has 2 aromatic heterocycles. The van der Waals surface area contributed by atoms with E-state index in [1.165, 1.54) is 6.07 Å². The van der Waals surface area contributed by atoms with Crippen molar-refractivity contribution in [2.45, 2.75) is 57.5 Å². The zero-order valence-corrected chi connectivity index (χ0v) is 19.3. The topological polar surface area (TPSA) is 120 Å². The molecule has 10 heteroatoms. The molecule has 0 bridgehead atoms. The van der Waals surface area contributed by atoms with Crippen LogP contribution in [0.25, 0.3) is 11.2 Å². The Morgan fingerprint density at radius 1 is 1.15 bits per heavy atom. The fourth-order valence-corrected chi connectivity index (χ4v) is 4.90. The first-order chi connectivity index (χ1) is 16.5. The van der Waals surface area contributed by atoms with Gasteiger partial charge in [-0.3, -0.25) is 9.36 Å². The van der Waals surface area contributed by atoms with Crippen molar-refractivity contribution in [1.29, 1.82) is 0 Å². The molecule has 0 spiro atoms. The number of amides is 1. The van der Waals surface area contributed by atoms with E-state index in [0.29, 0.717) is 34.3 Å². The summed E-state index contributed by atoms with van der Waals surface area (Å²) in [6, 6.07) is 5.29. The number of rotatable bonds is 6. The van der Waals surface area contributed by atoms with E-state index in [4.69, 9.17) is 20.4 Å².